The van der Waals surface area contributed by atoms with Crippen molar-refractivity contribution in [2.24, 2.45) is 5.73 Å². The molecule has 0 aromatic heterocycles. The van der Waals surface area contributed by atoms with Crippen molar-refractivity contribution < 1.29 is 9.84 Å². The van der Waals surface area contributed by atoms with Gasteiger partial charge in [-0.25, -0.2) is 0 Å². The lowest BCUT2D eigenvalue weighted by Crippen LogP contribution is -2.11. The van der Waals surface area contributed by atoms with Crippen molar-refractivity contribution in [2.45, 2.75) is 20.3 Å². The molecule has 0 heterocycles. The number of aryl methyl sites for hydroxylation is 2. The Morgan fingerprint density at radius 1 is 1.33 bits per heavy atom. The Morgan fingerprint density at radius 3 is 2.47 bits per heavy atom. The van der Waals surface area contributed by atoms with Crippen LogP contribution in [0.4, 0.5) is 0 Å². The Hall–Kier alpha value is -1.06. The lowest BCUT2D eigenvalue weighted by atomic mass is 10.1. The predicted octanol–water partition coefficient (Wildman–Crippen LogP) is 1.50. The van der Waals surface area contributed by atoms with Gasteiger partial charge in [-0.05, 0) is 30.5 Å². The van der Waals surface area contributed by atoms with Gasteiger partial charge < -0.3 is 15.6 Å². The molecule has 0 aliphatic heterocycles. The highest BCUT2D eigenvalue weighted by Crippen LogP contribution is 2.18. The second-order valence-corrected chi connectivity index (χ2v) is 3.09. The molecular formula is C12H21NO2. The van der Waals surface area contributed by atoms with Crippen LogP contribution in [0.5, 0.6) is 5.75 Å². The molecule has 0 aliphatic rings. The first-order valence-corrected chi connectivity index (χ1v) is 5.15. The molecule has 0 radical (unpaired) electrons. The normalized spacial score (nSPS) is 9.13. The average molecular weight is 211 g/mol. The second-order valence-electron chi connectivity index (χ2n) is 3.09. The maximum atomic E-state index is 7.00. The van der Waals surface area contributed by atoms with Crippen LogP contribution in [0.2, 0.25) is 0 Å². The molecule has 1 aromatic rings. The molecule has 86 valence electrons. The number of rotatable bonds is 4. The minimum absolute atomic E-state index is 0.564. The molecule has 0 saturated heterocycles. The standard InChI is InChI=1S/C11H17NO.CH4O/c1-3-10-4-5-11(9(2)8-10)13-7-6-12;1-2/h4-5,8H,3,6-7,12H2,1-2H3;2H,1H3. The maximum absolute atomic E-state index is 7.00. The first-order valence-electron chi connectivity index (χ1n) is 5.15. The summed E-state index contributed by atoms with van der Waals surface area (Å²) < 4.78 is 5.46. The summed E-state index contributed by atoms with van der Waals surface area (Å²) >= 11 is 0. The summed E-state index contributed by atoms with van der Waals surface area (Å²) in [4.78, 5) is 0. The zero-order chi connectivity index (χ0) is 11.7. The molecule has 1 rings (SSSR count). The van der Waals surface area contributed by atoms with Gasteiger partial charge in [-0.15, -0.1) is 0 Å². The van der Waals surface area contributed by atoms with Crippen molar-refractivity contribution >= 4 is 0 Å². The Morgan fingerprint density at radius 2 is 2.00 bits per heavy atom. The minimum Gasteiger partial charge on any atom is -0.492 e. The summed E-state index contributed by atoms with van der Waals surface area (Å²) in [5.41, 5.74) is 7.89. The monoisotopic (exact) mass is 211 g/mol. The number of hydrogen-bond acceptors (Lipinski definition) is 3. The molecule has 0 amide bonds. The van der Waals surface area contributed by atoms with E-state index in [9.17, 15) is 0 Å². The van der Waals surface area contributed by atoms with Crippen LogP contribution >= 0.6 is 0 Å². The fourth-order valence-electron chi connectivity index (χ4n) is 1.26. The van der Waals surface area contributed by atoms with E-state index in [1.165, 1.54) is 11.1 Å². The SMILES string of the molecule is CCc1ccc(OCCN)c(C)c1.CO. The zero-order valence-corrected chi connectivity index (χ0v) is 9.79. The molecule has 3 heteroatoms. The van der Waals surface area contributed by atoms with E-state index >= 15 is 0 Å². The van der Waals surface area contributed by atoms with Crippen molar-refractivity contribution in [2.75, 3.05) is 20.3 Å². The summed E-state index contributed by atoms with van der Waals surface area (Å²) in [7, 11) is 1.00. The van der Waals surface area contributed by atoms with Crippen LogP contribution in [-0.4, -0.2) is 25.4 Å². The van der Waals surface area contributed by atoms with Gasteiger partial charge in [0.25, 0.3) is 0 Å². The quantitative estimate of drug-likeness (QED) is 0.793. The van der Waals surface area contributed by atoms with Gasteiger partial charge in [-0.3, -0.25) is 0 Å². The van der Waals surface area contributed by atoms with Gasteiger partial charge in [-0.1, -0.05) is 19.1 Å². The fraction of sp³-hybridized carbons (Fsp3) is 0.500. The van der Waals surface area contributed by atoms with Gasteiger partial charge >= 0.3 is 0 Å². The highest BCUT2D eigenvalue weighted by molar-refractivity contribution is 5.36. The van der Waals surface area contributed by atoms with Crippen LogP contribution in [0.25, 0.3) is 0 Å². The van der Waals surface area contributed by atoms with Crippen LogP contribution in [-0.2, 0) is 6.42 Å². The molecule has 3 nitrogen and oxygen atoms in total. The van der Waals surface area contributed by atoms with Gasteiger partial charge in [0.1, 0.15) is 12.4 Å². The van der Waals surface area contributed by atoms with Crippen LogP contribution in [0, 0.1) is 6.92 Å². The number of aliphatic hydroxyl groups excluding tert-OH is 1. The summed E-state index contributed by atoms with van der Waals surface area (Å²) in [5, 5.41) is 7.00. The molecule has 0 bridgehead atoms. The lowest BCUT2D eigenvalue weighted by Gasteiger charge is -2.08. The molecule has 0 saturated carbocycles. The molecular weight excluding hydrogens is 190 g/mol. The van der Waals surface area contributed by atoms with Crippen molar-refractivity contribution in [3.8, 4) is 5.75 Å². The molecule has 1 aromatic carbocycles. The Balaban J connectivity index is 0.000000921. The van der Waals surface area contributed by atoms with Gasteiger partial charge in [0.15, 0.2) is 0 Å². The molecule has 0 spiro atoms. The van der Waals surface area contributed by atoms with Gasteiger partial charge in [0.05, 0.1) is 0 Å². The smallest absolute Gasteiger partial charge is 0.122 e. The van der Waals surface area contributed by atoms with Crippen LogP contribution in [0.3, 0.4) is 0 Å². The van der Waals surface area contributed by atoms with Crippen LogP contribution in [0.1, 0.15) is 18.1 Å². The molecule has 0 aliphatic carbocycles. The van der Waals surface area contributed by atoms with Crippen molar-refractivity contribution in [3.05, 3.63) is 29.3 Å². The Bertz CT molecular complexity index is 274. The van der Waals surface area contributed by atoms with E-state index in [4.69, 9.17) is 15.6 Å². The van der Waals surface area contributed by atoms with E-state index in [1.54, 1.807) is 0 Å². The van der Waals surface area contributed by atoms with E-state index < -0.39 is 0 Å². The first-order chi connectivity index (χ1) is 7.27. The second kappa shape index (κ2) is 8.26. The maximum Gasteiger partial charge on any atom is 0.122 e. The van der Waals surface area contributed by atoms with Crippen molar-refractivity contribution in [1.82, 2.24) is 0 Å². The van der Waals surface area contributed by atoms with Crippen LogP contribution in [0.15, 0.2) is 18.2 Å². The summed E-state index contributed by atoms with van der Waals surface area (Å²) in [6.07, 6.45) is 1.07. The van der Waals surface area contributed by atoms with Gasteiger partial charge in [-0.2, -0.15) is 0 Å². The fourth-order valence-corrected chi connectivity index (χ4v) is 1.26. The highest BCUT2D eigenvalue weighted by atomic mass is 16.5. The third kappa shape index (κ3) is 4.81. The molecule has 0 unspecified atom stereocenters. The first kappa shape index (κ1) is 13.9. The van der Waals surface area contributed by atoms with Crippen molar-refractivity contribution in [3.63, 3.8) is 0 Å². The van der Waals surface area contributed by atoms with Gasteiger partial charge in [0.2, 0.25) is 0 Å². The third-order valence-corrected chi connectivity index (χ3v) is 2.02. The Kier molecular flexibility index (Phi) is 7.68. The largest absolute Gasteiger partial charge is 0.492 e. The Labute approximate surface area is 91.9 Å². The predicted molar refractivity (Wildman–Crippen MR) is 63.2 cm³/mol. The van der Waals surface area contributed by atoms with Crippen molar-refractivity contribution in [1.29, 1.82) is 0 Å². The van der Waals surface area contributed by atoms with E-state index in [0.717, 1.165) is 19.3 Å². The number of aliphatic hydroxyl groups is 1. The van der Waals surface area contributed by atoms with Crippen LogP contribution < -0.4 is 10.5 Å². The average Bonchev–Trinajstić information content (AvgIpc) is 2.30. The topological polar surface area (TPSA) is 55.5 Å². The summed E-state index contributed by atoms with van der Waals surface area (Å²) in [6.45, 7) is 5.36. The molecule has 15 heavy (non-hydrogen) atoms. The minimum atomic E-state index is 0.564. The number of benzene rings is 1. The van der Waals surface area contributed by atoms with E-state index in [2.05, 4.69) is 26.0 Å². The zero-order valence-electron chi connectivity index (χ0n) is 9.79. The van der Waals surface area contributed by atoms with Gasteiger partial charge in [0, 0.05) is 13.7 Å². The van der Waals surface area contributed by atoms with E-state index in [1.807, 2.05) is 6.07 Å². The number of nitrogens with two attached hydrogens (primary N) is 1. The van der Waals surface area contributed by atoms with E-state index in [0.29, 0.717) is 13.2 Å². The van der Waals surface area contributed by atoms with E-state index in [-0.39, 0.29) is 0 Å². The highest BCUT2D eigenvalue weighted by Gasteiger charge is 1.99. The number of ether oxygens (including phenoxy) is 1. The lowest BCUT2D eigenvalue weighted by molar-refractivity contribution is 0.326. The molecule has 0 atom stereocenters. The molecule has 0 fully saturated rings. The summed E-state index contributed by atoms with van der Waals surface area (Å²) in [6, 6.07) is 6.27. The molecule has 3 N–H and O–H groups in total. The third-order valence-electron chi connectivity index (χ3n) is 2.02. The number of hydrogen-bond donors (Lipinski definition) is 2. The summed E-state index contributed by atoms with van der Waals surface area (Å²) in [5.74, 6) is 0.947.